The van der Waals surface area contributed by atoms with Crippen molar-refractivity contribution in [2.24, 2.45) is 0 Å². The molecule has 1 atom stereocenters. The average Bonchev–Trinajstić information content (AvgIpc) is 2.68. The Morgan fingerprint density at radius 2 is 1.89 bits per heavy atom. The van der Waals surface area contributed by atoms with Crippen molar-refractivity contribution < 1.29 is 0 Å². The molecule has 0 saturated heterocycles. The second-order valence-corrected chi connectivity index (χ2v) is 6.04. The third kappa shape index (κ3) is 2.54. The molecule has 0 bridgehead atoms. The molecule has 1 N–H and O–H groups in total. The van der Waals surface area contributed by atoms with Crippen molar-refractivity contribution >= 4 is 46.1 Å². The summed E-state index contributed by atoms with van der Waals surface area (Å²) in [5.74, 6) is 0. The maximum atomic E-state index is 6.32. The van der Waals surface area contributed by atoms with Gasteiger partial charge in [-0.1, -0.05) is 46.9 Å². The summed E-state index contributed by atoms with van der Waals surface area (Å²) in [7, 11) is 1.88. The standard InChI is InChI=1S/C13H12Cl3NS/c1-7-6-18-13(10(7)15)12(17-2)8-4-3-5-9(14)11(8)16/h3-6,12,17H,1-2H3. The summed E-state index contributed by atoms with van der Waals surface area (Å²) in [4.78, 5) is 1.06. The van der Waals surface area contributed by atoms with Crippen molar-refractivity contribution in [2.75, 3.05) is 7.05 Å². The number of thiophene rings is 1. The van der Waals surface area contributed by atoms with Gasteiger partial charge in [-0.3, -0.25) is 0 Å². The van der Waals surface area contributed by atoms with Gasteiger partial charge in [0, 0.05) is 4.88 Å². The molecule has 0 radical (unpaired) electrons. The molecule has 0 aliphatic carbocycles. The summed E-state index contributed by atoms with van der Waals surface area (Å²) < 4.78 is 0. The van der Waals surface area contributed by atoms with Gasteiger partial charge in [-0.2, -0.15) is 0 Å². The molecule has 0 aliphatic rings. The van der Waals surface area contributed by atoms with Gasteiger partial charge in [-0.05, 0) is 36.5 Å². The molecule has 5 heteroatoms. The fourth-order valence-electron chi connectivity index (χ4n) is 1.82. The molecule has 1 aromatic carbocycles. The van der Waals surface area contributed by atoms with Crippen molar-refractivity contribution in [1.82, 2.24) is 5.32 Å². The van der Waals surface area contributed by atoms with Crippen molar-refractivity contribution in [3.8, 4) is 0 Å². The van der Waals surface area contributed by atoms with E-state index >= 15 is 0 Å². The van der Waals surface area contributed by atoms with Crippen molar-refractivity contribution in [3.05, 3.63) is 54.7 Å². The molecule has 0 saturated carbocycles. The van der Waals surface area contributed by atoms with E-state index in [4.69, 9.17) is 34.8 Å². The van der Waals surface area contributed by atoms with Crippen LogP contribution in [0.3, 0.4) is 0 Å². The molecule has 96 valence electrons. The van der Waals surface area contributed by atoms with Crippen molar-refractivity contribution in [1.29, 1.82) is 0 Å². The van der Waals surface area contributed by atoms with Gasteiger partial charge in [0.1, 0.15) is 0 Å². The molecule has 1 unspecified atom stereocenters. The molecular formula is C13H12Cl3NS. The lowest BCUT2D eigenvalue weighted by Crippen LogP contribution is -2.17. The molecule has 18 heavy (non-hydrogen) atoms. The summed E-state index contributed by atoms with van der Waals surface area (Å²) in [6.07, 6.45) is 0. The molecular weight excluding hydrogens is 309 g/mol. The minimum atomic E-state index is -0.0394. The Hall–Kier alpha value is -0.250. The van der Waals surface area contributed by atoms with Crippen LogP contribution in [0.15, 0.2) is 23.6 Å². The molecule has 1 aromatic heterocycles. The fraction of sp³-hybridized carbons (Fsp3) is 0.231. The largest absolute Gasteiger partial charge is 0.309 e. The summed E-state index contributed by atoms with van der Waals surface area (Å²) in [6, 6.07) is 5.59. The van der Waals surface area contributed by atoms with E-state index in [1.807, 2.05) is 31.5 Å². The Bertz CT molecular complexity index is 565. The van der Waals surface area contributed by atoms with E-state index in [1.165, 1.54) is 0 Å². The minimum absolute atomic E-state index is 0.0394. The third-order valence-corrected chi connectivity index (χ3v) is 5.38. The quantitative estimate of drug-likeness (QED) is 0.806. The van der Waals surface area contributed by atoms with Crippen LogP contribution >= 0.6 is 46.1 Å². The Kier molecular flexibility index (Phi) is 4.57. The van der Waals surface area contributed by atoms with E-state index in [0.717, 1.165) is 21.0 Å². The first-order valence-corrected chi connectivity index (χ1v) is 7.42. The molecule has 1 nitrogen and oxygen atoms in total. The zero-order valence-corrected chi connectivity index (χ0v) is 13.0. The average molecular weight is 321 g/mol. The summed E-state index contributed by atoms with van der Waals surface area (Å²) in [5.41, 5.74) is 2.02. The first-order valence-electron chi connectivity index (χ1n) is 5.41. The van der Waals surface area contributed by atoms with E-state index in [1.54, 1.807) is 17.4 Å². The summed E-state index contributed by atoms with van der Waals surface area (Å²) in [6.45, 7) is 1.99. The molecule has 2 aromatic rings. The lowest BCUT2D eigenvalue weighted by molar-refractivity contribution is 0.704. The van der Waals surface area contributed by atoms with E-state index in [9.17, 15) is 0 Å². The fourth-order valence-corrected chi connectivity index (χ4v) is 3.66. The van der Waals surface area contributed by atoms with Crippen LogP contribution in [0.1, 0.15) is 22.0 Å². The SMILES string of the molecule is CNC(c1cccc(Cl)c1Cl)c1scc(C)c1Cl. The zero-order valence-electron chi connectivity index (χ0n) is 9.93. The first-order chi connectivity index (χ1) is 8.56. The van der Waals surface area contributed by atoms with Crippen LogP contribution in [0.25, 0.3) is 0 Å². The van der Waals surface area contributed by atoms with Crippen LogP contribution < -0.4 is 5.32 Å². The maximum Gasteiger partial charge on any atom is 0.0698 e. The van der Waals surface area contributed by atoms with Gasteiger partial charge in [0.05, 0.1) is 21.1 Å². The Morgan fingerprint density at radius 1 is 1.17 bits per heavy atom. The van der Waals surface area contributed by atoms with Crippen LogP contribution in [-0.2, 0) is 0 Å². The van der Waals surface area contributed by atoms with Crippen molar-refractivity contribution in [2.45, 2.75) is 13.0 Å². The van der Waals surface area contributed by atoms with Crippen LogP contribution in [0, 0.1) is 6.92 Å². The van der Waals surface area contributed by atoms with Gasteiger partial charge < -0.3 is 5.32 Å². The van der Waals surface area contributed by atoms with E-state index in [2.05, 4.69) is 5.32 Å². The molecule has 0 fully saturated rings. The molecule has 1 heterocycles. The molecule has 0 aliphatic heterocycles. The predicted molar refractivity (Wildman–Crippen MR) is 81.4 cm³/mol. The van der Waals surface area contributed by atoms with Gasteiger partial charge in [0.15, 0.2) is 0 Å². The van der Waals surface area contributed by atoms with Gasteiger partial charge in [-0.25, -0.2) is 0 Å². The van der Waals surface area contributed by atoms with Gasteiger partial charge >= 0.3 is 0 Å². The summed E-state index contributed by atoms with van der Waals surface area (Å²) >= 11 is 20.3. The number of rotatable bonds is 3. The zero-order chi connectivity index (χ0) is 13.3. The molecule has 0 spiro atoms. The maximum absolute atomic E-state index is 6.32. The normalized spacial score (nSPS) is 12.7. The van der Waals surface area contributed by atoms with Crippen LogP contribution in [-0.4, -0.2) is 7.05 Å². The minimum Gasteiger partial charge on any atom is -0.309 e. The Morgan fingerprint density at radius 3 is 2.44 bits per heavy atom. The number of benzene rings is 1. The van der Waals surface area contributed by atoms with Crippen LogP contribution in [0.5, 0.6) is 0 Å². The highest BCUT2D eigenvalue weighted by atomic mass is 35.5. The number of hydrogen-bond acceptors (Lipinski definition) is 2. The molecule has 0 amide bonds. The van der Waals surface area contributed by atoms with Gasteiger partial charge in [-0.15, -0.1) is 11.3 Å². The number of aryl methyl sites for hydroxylation is 1. The number of halogens is 3. The smallest absolute Gasteiger partial charge is 0.0698 e. The number of nitrogens with one attached hydrogen (secondary N) is 1. The highest BCUT2D eigenvalue weighted by Gasteiger charge is 2.21. The van der Waals surface area contributed by atoms with Gasteiger partial charge in [0.2, 0.25) is 0 Å². The first kappa shape index (κ1) is 14.2. The number of hydrogen-bond donors (Lipinski definition) is 1. The Labute approximate surface area is 126 Å². The van der Waals surface area contributed by atoms with E-state index in [0.29, 0.717) is 10.0 Å². The van der Waals surface area contributed by atoms with Gasteiger partial charge in [0.25, 0.3) is 0 Å². The second-order valence-electron chi connectivity index (χ2n) is 3.96. The topological polar surface area (TPSA) is 12.0 Å². The van der Waals surface area contributed by atoms with Crippen molar-refractivity contribution in [3.63, 3.8) is 0 Å². The monoisotopic (exact) mass is 319 g/mol. The lowest BCUT2D eigenvalue weighted by atomic mass is 10.0. The third-order valence-electron chi connectivity index (χ3n) is 2.77. The highest BCUT2D eigenvalue weighted by molar-refractivity contribution is 7.10. The second kappa shape index (κ2) is 5.81. The van der Waals surface area contributed by atoms with Crippen LogP contribution in [0.2, 0.25) is 15.1 Å². The van der Waals surface area contributed by atoms with E-state index < -0.39 is 0 Å². The molecule has 2 rings (SSSR count). The highest BCUT2D eigenvalue weighted by Crippen LogP contribution is 2.39. The lowest BCUT2D eigenvalue weighted by Gasteiger charge is -2.18. The Balaban J connectivity index is 2.52. The summed E-state index contributed by atoms with van der Waals surface area (Å²) in [5, 5.41) is 7.19. The predicted octanol–water partition coefficient (Wildman–Crippen LogP) is 5.33. The van der Waals surface area contributed by atoms with E-state index in [-0.39, 0.29) is 6.04 Å². The van der Waals surface area contributed by atoms with Crippen LogP contribution in [0.4, 0.5) is 0 Å².